The van der Waals surface area contributed by atoms with E-state index in [4.69, 9.17) is 9.47 Å². The normalized spacial score (nSPS) is 25.5. The maximum absolute atomic E-state index is 12.2. The van der Waals surface area contributed by atoms with Gasteiger partial charge in [0.2, 0.25) is 0 Å². The second-order valence-corrected chi connectivity index (χ2v) is 6.81. The van der Waals surface area contributed by atoms with Crippen LogP contribution in [-0.4, -0.2) is 66.4 Å². The number of ether oxygens (including phenoxy) is 2. The summed E-state index contributed by atoms with van der Waals surface area (Å²) < 4.78 is 10.8. The number of carbonyl (C=O) groups excluding carboxylic acids is 2. The van der Waals surface area contributed by atoms with Crippen molar-refractivity contribution in [2.75, 3.05) is 26.2 Å². The van der Waals surface area contributed by atoms with Gasteiger partial charge in [-0.1, -0.05) is 30.3 Å². The molecule has 3 aliphatic rings. The van der Waals surface area contributed by atoms with Crippen LogP contribution < -0.4 is 5.32 Å². The second kappa shape index (κ2) is 8.14. The molecule has 2 amide bonds. The van der Waals surface area contributed by atoms with Crippen LogP contribution in [0.15, 0.2) is 30.3 Å². The molecular formula is C18H24ClN3O4. The topological polar surface area (TPSA) is 71.1 Å². The third-order valence-electron chi connectivity index (χ3n) is 5.27. The summed E-state index contributed by atoms with van der Waals surface area (Å²) in [5.74, 6) is 0. The van der Waals surface area contributed by atoms with Crippen LogP contribution in [0.25, 0.3) is 0 Å². The lowest BCUT2D eigenvalue weighted by atomic mass is 10.0. The first-order valence-electron chi connectivity index (χ1n) is 8.87. The number of hydrogen-bond donors (Lipinski definition) is 1. The summed E-state index contributed by atoms with van der Waals surface area (Å²) in [5.41, 5.74) is 0.977. The van der Waals surface area contributed by atoms with Crippen LogP contribution in [0.5, 0.6) is 0 Å². The first-order chi connectivity index (χ1) is 12.2. The molecule has 1 aromatic rings. The van der Waals surface area contributed by atoms with Crippen molar-refractivity contribution in [3.05, 3.63) is 35.9 Å². The van der Waals surface area contributed by atoms with Crippen LogP contribution in [0.3, 0.4) is 0 Å². The molecule has 3 heterocycles. The Morgan fingerprint density at radius 2 is 1.92 bits per heavy atom. The molecule has 142 valence electrons. The van der Waals surface area contributed by atoms with Crippen LogP contribution >= 0.6 is 12.4 Å². The maximum atomic E-state index is 12.2. The van der Waals surface area contributed by atoms with Crippen LogP contribution in [0.1, 0.15) is 18.4 Å². The third-order valence-corrected chi connectivity index (χ3v) is 5.27. The quantitative estimate of drug-likeness (QED) is 0.867. The highest BCUT2D eigenvalue weighted by Gasteiger charge is 2.48. The number of hydrogen-bond acceptors (Lipinski definition) is 5. The van der Waals surface area contributed by atoms with Gasteiger partial charge in [0.25, 0.3) is 0 Å². The molecule has 0 radical (unpaired) electrons. The van der Waals surface area contributed by atoms with Crippen molar-refractivity contribution >= 4 is 24.6 Å². The van der Waals surface area contributed by atoms with Crippen molar-refractivity contribution < 1.29 is 19.1 Å². The summed E-state index contributed by atoms with van der Waals surface area (Å²) in [6, 6.07) is 9.93. The minimum absolute atomic E-state index is 0. The van der Waals surface area contributed by atoms with Crippen molar-refractivity contribution in [1.29, 1.82) is 0 Å². The molecule has 4 rings (SSSR count). The van der Waals surface area contributed by atoms with Gasteiger partial charge in [-0.2, -0.15) is 0 Å². The molecule has 0 bridgehead atoms. The molecule has 1 N–H and O–H groups in total. The lowest BCUT2D eigenvalue weighted by molar-refractivity contribution is 0.0708. The van der Waals surface area contributed by atoms with E-state index in [1.165, 1.54) is 0 Å². The molecule has 0 aromatic heterocycles. The number of nitrogens with one attached hydrogen (secondary N) is 1. The Hall–Kier alpha value is -1.99. The van der Waals surface area contributed by atoms with E-state index in [0.717, 1.165) is 31.5 Å². The Labute approximate surface area is 159 Å². The Morgan fingerprint density at radius 3 is 2.65 bits per heavy atom. The molecule has 7 nitrogen and oxygen atoms in total. The summed E-state index contributed by atoms with van der Waals surface area (Å²) in [5, 5.41) is 3.27. The maximum Gasteiger partial charge on any atom is 0.410 e. The van der Waals surface area contributed by atoms with Crippen molar-refractivity contribution in [2.45, 2.75) is 37.6 Å². The Morgan fingerprint density at radius 1 is 1.19 bits per heavy atom. The van der Waals surface area contributed by atoms with Gasteiger partial charge >= 0.3 is 12.2 Å². The van der Waals surface area contributed by atoms with Crippen molar-refractivity contribution in [2.24, 2.45) is 0 Å². The average Bonchev–Trinajstić information content (AvgIpc) is 3.21. The smallest absolute Gasteiger partial charge is 0.410 e. The number of carbonyl (C=O) groups is 2. The lowest BCUT2D eigenvalue weighted by Gasteiger charge is -2.37. The van der Waals surface area contributed by atoms with Gasteiger partial charge < -0.3 is 19.7 Å². The zero-order chi connectivity index (χ0) is 17.2. The molecule has 0 spiro atoms. The van der Waals surface area contributed by atoms with E-state index >= 15 is 0 Å². The first-order valence-corrected chi connectivity index (χ1v) is 8.87. The highest BCUT2D eigenvalue weighted by molar-refractivity contribution is 5.85. The van der Waals surface area contributed by atoms with E-state index in [-0.39, 0.29) is 49.4 Å². The predicted octanol–water partition coefficient (Wildman–Crippen LogP) is 2.00. The van der Waals surface area contributed by atoms with Crippen molar-refractivity contribution in [3.63, 3.8) is 0 Å². The fraction of sp³-hybridized carbons (Fsp3) is 0.556. The highest BCUT2D eigenvalue weighted by atomic mass is 35.5. The largest absolute Gasteiger partial charge is 0.445 e. The monoisotopic (exact) mass is 381 g/mol. The van der Waals surface area contributed by atoms with Crippen molar-refractivity contribution in [3.8, 4) is 0 Å². The van der Waals surface area contributed by atoms with Crippen LogP contribution in [0.4, 0.5) is 9.59 Å². The minimum atomic E-state index is -0.285. The van der Waals surface area contributed by atoms with E-state index < -0.39 is 0 Å². The Bertz CT molecular complexity index is 637. The predicted molar refractivity (Wildman–Crippen MR) is 97.2 cm³/mol. The molecular weight excluding hydrogens is 358 g/mol. The van der Waals surface area contributed by atoms with Gasteiger partial charge in [-0.25, -0.2) is 9.59 Å². The Balaban J connectivity index is 0.00000196. The van der Waals surface area contributed by atoms with Gasteiger partial charge in [-0.15, -0.1) is 12.4 Å². The van der Waals surface area contributed by atoms with Crippen LogP contribution in [0, 0.1) is 0 Å². The molecule has 3 saturated heterocycles. The number of piperidine rings is 1. The van der Waals surface area contributed by atoms with Gasteiger partial charge in [0.1, 0.15) is 12.7 Å². The van der Waals surface area contributed by atoms with Gasteiger partial charge in [0.15, 0.2) is 0 Å². The molecule has 2 atom stereocenters. The summed E-state index contributed by atoms with van der Waals surface area (Å²) in [4.78, 5) is 28.0. The number of halogens is 1. The lowest BCUT2D eigenvalue weighted by Crippen LogP contribution is -2.51. The first kappa shape index (κ1) is 18.8. The fourth-order valence-corrected chi connectivity index (χ4v) is 3.92. The molecule has 26 heavy (non-hydrogen) atoms. The number of nitrogens with zero attached hydrogens (tertiary/aromatic N) is 2. The van der Waals surface area contributed by atoms with Crippen LogP contribution in [-0.2, 0) is 16.1 Å². The average molecular weight is 382 g/mol. The van der Waals surface area contributed by atoms with Crippen LogP contribution in [0.2, 0.25) is 0 Å². The molecule has 0 unspecified atom stereocenters. The summed E-state index contributed by atoms with van der Waals surface area (Å²) in [7, 11) is 0. The standard InChI is InChI=1S/C18H23N3O4.ClH/c22-17(24-12-13-4-2-1-3-5-13)20-8-6-14(7-9-20)21-15-10-19-11-16(15)25-18(21)23;/h1-5,14-16,19H,6-12H2;1H/t15-,16+;/m1./s1. The summed E-state index contributed by atoms with van der Waals surface area (Å²) >= 11 is 0. The summed E-state index contributed by atoms with van der Waals surface area (Å²) in [6.07, 6.45) is 1.01. The Kier molecular flexibility index (Phi) is 5.88. The number of likely N-dealkylation sites (tertiary alicyclic amines) is 1. The molecule has 0 saturated carbocycles. The third kappa shape index (κ3) is 3.73. The number of benzene rings is 1. The second-order valence-electron chi connectivity index (χ2n) is 6.81. The molecule has 0 aliphatic carbocycles. The number of amides is 2. The molecule has 3 fully saturated rings. The van der Waals surface area contributed by atoms with Gasteiger partial charge in [-0.3, -0.25) is 4.90 Å². The summed E-state index contributed by atoms with van der Waals surface area (Å²) in [6.45, 7) is 3.01. The minimum Gasteiger partial charge on any atom is -0.445 e. The van der Waals surface area contributed by atoms with Gasteiger partial charge in [0, 0.05) is 32.2 Å². The van der Waals surface area contributed by atoms with E-state index in [2.05, 4.69) is 5.32 Å². The van der Waals surface area contributed by atoms with E-state index in [1.54, 1.807) is 4.90 Å². The molecule has 1 aromatic carbocycles. The molecule has 3 aliphatic heterocycles. The van der Waals surface area contributed by atoms with Crippen molar-refractivity contribution in [1.82, 2.24) is 15.1 Å². The van der Waals surface area contributed by atoms with Gasteiger partial charge in [0.05, 0.1) is 6.04 Å². The zero-order valence-electron chi connectivity index (χ0n) is 14.5. The van der Waals surface area contributed by atoms with Gasteiger partial charge in [-0.05, 0) is 18.4 Å². The molecule has 8 heteroatoms. The van der Waals surface area contributed by atoms with E-state index in [0.29, 0.717) is 13.1 Å². The zero-order valence-corrected chi connectivity index (χ0v) is 15.3. The fourth-order valence-electron chi connectivity index (χ4n) is 3.92. The number of rotatable bonds is 3. The van der Waals surface area contributed by atoms with E-state index in [1.807, 2.05) is 35.2 Å². The highest BCUT2D eigenvalue weighted by Crippen LogP contribution is 2.29. The van der Waals surface area contributed by atoms with E-state index in [9.17, 15) is 9.59 Å². The SMILES string of the molecule is Cl.O=C(OCc1ccccc1)N1CCC(N2C(=O)O[C@H]3CNC[C@H]32)CC1. The number of fused-ring (bicyclic) bond motifs is 1.